The van der Waals surface area contributed by atoms with Crippen molar-refractivity contribution in [3.05, 3.63) is 41.4 Å². The molecule has 0 aliphatic carbocycles. The summed E-state index contributed by atoms with van der Waals surface area (Å²) in [7, 11) is 1.24. The van der Waals surface area contributed by atoms with Crippen molar-refractivity contribution in [3.63, 3.8) is 0 Å². The molecule has 1 heterocycles. The van der Waals surface area contributed by atoms with Crippen LogP contribution in [0.1, 0.15) is 25.8 Å². The molecule has 2 atom stereocenters. The Balaban J connectivity index is 1.97. The second kappa shape index (κ2) is 8.87. The Labute approximate surface area is 147 Å². The molecule has 0 bridgehead atoms. The van der Waals surface area contributed by atoms with Crippen LogP contribution < -0.4 is 0 Å². The van der Waals surface area contributed by atoms with Gasteiger partial charge in [-0.25, -0.2) is 4.79 Å². The maximum atomic E-state index is 11.8. The van der Waals surface area contributed by atoms with Gasteiger partial charge in [0.25, 0.3) is 0 Å². The molecule has 7 nitrogen and oxygen atoms in total. The van der Waals surface area contributed by atoms with Crippen molar-refractivity contribution in [2.24, 2.45) is 5.92 Å². The highest BCUT2D eigenvalue weighted by atomic mass is 16.7. The van der Waals surface area contributed by atoms with Crippen LogP contribution in [0.5, 0.6) is 0 Å². The molecule has 7 heteroatoms. The zero-order chi connectivity index (χ0) is 18.3. The fourth-order valence-electron chi connectivity index (χ4n) is 2.73. The van der Waals surface area contributed by atoms with Crippen LogP contribution in [0, 0.1) is 5.92 Å². The molecule has 25 heavy (non-hydrogen) atoms. The molecular weight excluding hydrogens is 324 g/mol. The van der Waals surface area contributed by atoms with Crippen LogP contribution in [-0.2, 0) is 30.3 Å². The van der Waals surface area contributed by atoms with Gasteiger partial charge in [-0.1, -0.05) is 30.3 Å². The minimum Gasteiger partial charge on any atom is -0.460 e. The highest BCUT2D eigenvalue weighted by Gasteiger charge is 2.45. The summed E-state index contributed by atoms with van der Waals surface area (Å²) in [6, 6.07) is 9.85. The van der Waals surface area contributed by atoms with Crippen molar-refractivity contribution in [1.29, 1.82) is 0 Å². The van der Waals surface area contributed by atoms with Crippen molar-refractivity contribution in [1.82, 2.24) is 0 Å². The lowest BCUT2D eigenvalue weighted by Crippen LogP contribution is -2.50. The van der Waals surface area contributed by atoms with E-state index in [1.54, 1.807) is 13.8 Å². The number of benzene rings is 1. The molecule has 1 fully saturated rings. The smallest absolute Gasteiger partial charge is 0.417 e. The van der Waals surface area contributed by atoms with Crippen molar-refractivity contribution in [2.45, 2.75) is 38.8 Å². The van der Waals surface area contributed by atoms with Gasteiger partial charge in [-0.05, 0) is 25.8 Å². The summed E-state index contributed by atoms with van der Waals surface area (Å²) in [6.07, 6.45) is 0.143. The first-order valence-electron chi connectivity index (χ1n) is 8.20. The summed E-state index contributed by atoms with van der Waals surface area (Å²) in [6.45, 7) is 4.73. The predicted molar refractivity (Wildman–Crippen MR) is 89.8 cm³/mol. The van der Waals surface area contributed by atoms with Gasteiger partial charge in [0.05, 0.1) is 26.4 Å². The lowest BCUT2D eigenvalue weighted by molar-refractivity contribution is -0.288. The summed E-state index contributed by atoms with van der Waals surface area (Å²) in [5.74, 6) is -2.00. The first-order chi connectivity index (χ1) is 12.0. The van der Waals surface area contributed by atoms with E-state index >= 15 is 0 Å². The van der Waals surface area contributed by atoms with E-state index in [-0.39, 0.29) is 18.4 Å². The van der Waals surface area contributed by atoms with E-state index in [1.807, 2.05) is 30.3 Å². The molecule has 0 N–H and O–H groups in total. The van der Waals surface area contributed by atoms with E-state index in [4.69, 9.17) is 14.2 Å². The quantitative estimate of drug-likeness (QED) is 0.248. The molecule has 0 amide bonds. The molecule has 0 unspecified atom stereocenters. The normalized spacial score (nSPS) is 22.0. The first kappa shape index (κ1) is 19.3. The number of hydrogen-bond acceptors (Lipinski definition) is 5. The molecule has 1 saturated heterocycles. The number of carbonyl (C=O) groups excluding carboxylic acids is 1. The van der Waals surface area contributed by atoms with Crippen molar-refractivity contribution < 1.29 is 28.5 Å². The molecule has 0 saturated carbocycles. The van der Waals surface area contributed by atoms with Gasteiger partial charge in [0.1, 0.15) is 5.92 Å². The van der Waals surface area contributed by atoms with Gasteiger partial charge >= 0.3 is 11.7 Å². The number of esters is 1. The lowest BCUT2D eigenvalue weighted by Gasteiger charge is -2.39. The SMILES string of the molecule is COC(=O)C(=[N+]=[N-])[C@@H]1COC(C)(C)O[C@@H]1CCOCc1ccccc1. The summed E-state index contributed by atoms with van der Waals surface area (Å²) < 4.78 is 21.9. The average Bonchev–Trinajstić information content (AvgIpc) is 2.61. The number of nitrogens with zero attached hydrogens (tertiary/aromatic N) is 2. The van der Waals surface area contributed by atoms with Crippen LogP contribution in [0.4, 0.5) is 0 Å². The number of hydrogen-bond donors (Lipinski definition) is 0. The standard InChI is InChI=1S/C18H24N2O5/c1-18(2)24-12-14(16(20-19)17(21)22-3)15(25-18)9-10-23-11-13-7-5-4-6-8-13/h4-8,14-15H,9-12H2,1-3H3/t14-,15-/m1/s1. The van der Waals surface area contributed by atoms with E-state index in [0.29, 0.717) is 19.6 Å². The third kappa shape index (κ3) is 5.47. The zero-order valence-electron chi connectivity index (χ0n) is 14.8. The molecular formula is C18H24N2O5. The van der Waals surface area contributed by atoms with E-state index in [1.165, 1.54) is 7.11 Å². The minimum atomic E-state index is -0.780. The molecule has 2 rings (SSSR count). The third-order valence-electron chi connectivity index (χ3n) is 4.01. The Morgan fingerprint density at radius 3 is 2.72 bits per heavy atom. The molecule has 1 aliphatic rings. The van der Waals surface area contributed by atoms with Gasteiger partial charge in [0, 0.05) is 6.61 Å². The molecule has 1 aliphatic heterocycles. The van der Waals surface area contributed by atoms with E-state index in [9.17, 15) is 10.3 Å². The fraction of sp³-hybridized carbons (Fsp3) is 0.556. The lowest BCUT2D eigenvalue weighted by atomic mass is 9.93. The molecule has 1 aromatic rings. The molecule has 1 aromatic carbocycles. The van der Waals surface area contributed by atoms with Crippen molar-refractivity contribution in [3.8, 4) is 0 Å². The van der Waals surface area contributed by atoms with Crippen LogP contribution in [0.25, 0.3) is 5.53 Å². The maximum Gasteiger partial charge on any atom is 0.417 e. The van der Waals surface area contributed by atoms with E-state index in [2.05, 4.69) is 9.53 Å². The van der Waals surface area contributed by atoms with Crippen molar-refractivity contribution in [2.75, 3.05) is 20.3 Å². The van der Waals surface area contributed by atoms with Gasteiger partial charge in [-0.3, -0.25) is 0 Å². The number of carbonyl (C=O) groups is 1. The molecule has 0 spiro atoms. The van der Waals surface area contributed by atoms with Gasteiger partial charge in [0.15, 0.2) is 5.79 Å². The van der Waals surface area contributed by atoms with Crippen LogP contribution in [0.2, 0.25) is 0 Å². The van der Waals surface area contributed by atoms with Crippen LogP contribution in [0.15, 0.2) is 30.3 Å². The average molecular weight is 348 g/mol. The van der Waals surface area contributed by atoms with Gasteiger partial charge in [-0.2, -0.15) is 4.79 Å². The Morgan fingerprint density at radius 2 is 2.08 bits per heavy atom. The number of ether oxygens (including phenoxy) is 4. The fourth-order valence-corrected chi connectivity index (χ4v) is 2.73. The van der Waals surface area contributed by atoms with Crippen LogP contribution >= 0.6 is 0 Å². The second-order valence-electron chi connectivity index (χ2n) is 6.28. The summed E-state index contributed by atoms with van der Waals surface area (Å²) >= 11 is 0. The van der Waals surface area contributed by atoms with Crippen LogP contribution in [-0.4, -0.2) is 48.7 Å². The highest BCUT2D eigenvalue weighted by Crippen LogP contribution is 2.29. The highest BCUT2D eigenvalue weighted by molar-refractivity contribution is 6.34. The Bertz CT molecular complexity index is 626. The molecule has 136 valence electrons. The minimum absolute atomic E-state index is 0.106. The molecule has 0 aromatic heterocycles. The van der Waals surface area contributed by atoms with Crippen LogP contribution in [0.3, 0.4) is 0 Å². The predicted octanol–water partition coefficient (Wildman–Crippen LogP) is 2.20. The Hall–Kier alpha value is -2.05. The van der Waals surface area contributed by atoms with E-state index in [0.717, 1.165) is 5.56 Å². The number of methoxy groups -OCH3 is 1. The Kier molecular flexibility index (Phi) is 6.84. The van der Waals surface area contributed by atoms with Gasteiger partial charge < -0.3 is 24.5 Å². The third-order valence-corrected chi connectivity index (χ3v) is 4.01. The van der Waals surface area contributed by atoms with Gasteiger partial charge in [-0.15, -0.1) is 0 Å². The number of rotatable bonds is 7. The first-order valence-corrected chi connectivity index (χ1v) is 8.20. The van der Waals surface area contributed by atoms with Gasteiger partial charge in [0.2, 0.25) is 0 Å². The summed E-state index contributed by atoms with van der Waals surface area (Å²) in [4.78, 5) is 14.9. The second-order valence-corrected chi connectivity index (χ2v) is 6.28. The van der Waals surface area contributed by atoms with Crippen molar-refractivity contribution >= 4 is 11.7 Å². The summed E-state index contributed by atoms with van der Waals surface area (Å²) in [5.41, 5.74) is 10.2. The summed E-state index contributed by atoms with van der Waals surface area (Å²) in [5, 5.41) is 0. The molecule has 0 radical (unpaired) electrons. The maximum absolute atomic E-state index is 11.8. The zero-order valence-corrected chi connectivity index (χ0v) is 14.8. The largest absolute Gasteiger partial charge is 0.460 e. The monoisotopic (exact) mass is 348 g/mol. The van der Waals surface area contributed by atoms with E-state index < -0.39 is 17.7 Å². The Morgan fingerprint density at radius 1 is 1.36 bits per heavy atom. The topological polar surface area (TPSA) is 90.4 Å².